The Balaban J connectivity index is 2.00. The Bertz CT molecular complexity index is 849. The van der Waals surface area contributed by atoms with Crippen LogP contribution in [0, 0.1) is 0 Å². The molecule has 1 aromatic heterocycles. The summed E-state index contributed by atoms with van der Waals surface area (Å²) >= 11 is 7.30. The van der Waals surface area contributed by atoms with Crippen molar-refractivity contribution < 1.29 is 9.53 Å². The monoisotopic (exact) mass is 358 g/mol. The van der Waals surface area contributed by atoms with Gasteiger partial charge >= 0.3 is 5.97 Å². The van der Waals surface area contributed by atoms with Gasteiger partial charge in [-0.25, -0.2) is 9.78 Å². The molecule has 0 aliphatic rings. The van der Waals surface area contributed by atoms with E-state index in [1.165, 1.54) is 18.4 Å². The molecule has 0 fully saturated rings. The summed E-state index contributed by atoms with van der Waals surface area (Å²) in [6, 6.07) is 15.3. The lowest BCUT2D eigenvalue weighted by Gasteiger charge is -2.15. The number of anilines is 1. The predicted molar refractivity (Wildman–Crippen MR) is 97.7 cm³/mol. The second-order valence-electron chi connectivity index (χ2n) is 5.02. The van der Waals surface area contributed by atoms with E-state index in [0.717, 1.165) is 21.7 Å². The molecular formula is C18H15ClN2O2S. The lowest BCUT2D eigenvalue weighted by atomic mass is 9.97. The van der Waals surface area contributed by atoms with Crippen molar-refractivity contribution in [1.82, 2.24) is 4.98 Å². The first-order chi connectivity index (χ1) is 11.7. The molecule has 0 unspecified atom stereocenters. The number of hydrogen-bond donors (Lipinski definition) is 1. The third kappa shape index (κ3) is 3.58. The number of halogens is 1. The fraction of sp³-hybridized carbons (Fsp3) is 0.111. The first-order valence-electron chi connectivity index (χ1n) is 7.30. The highest BCUT2D eigenvalue weighted by molar-refractivity contribution is 7.15. The molecule has 3 aromatic rings. The van der Waals surface area contributed by atoms with Gasteiger partial charge in [-0.1, -0.05) is 48.0 Å². The van der Waals surface area contributed by atoms with Crippen LogP contribution in [0.5, 0.6) is 0 Å². The van der Waals surface area contributed by atoms with Gasteiger partial charge < -0.3 is 10.1 Å². The molecule has 0 radical (unpaired) electrons. The number of rotatable bonds is 5. The van der Waals surface area contributed by atoms with Crippen LogP contribution in [0.4, 0.5) is 5.69 Å². The molecule has 0 aliphatic carbocycles. The van der Waals surface area contributed by atoms with Crippen LogP contribution in [0.1, 0.15) is 15.2 Å². The third-order valence-electron chi connectivity index (χ3n) is 3.51. The van der Waals surface area contributed by atoms with Gasteiger partial charge in [-0.2, -0.15) is 0 Å². The van der Waals surface area contributed by atoms with Crippen LogP contribution in [0.25, 0.3) is 11.1 Å². The molecule has 4 nitrogen and oxygen atoms in total. The van der Waals surface area contributed by atoms with Crippen LogP contribution < -0.4 is 5.32 Å². The number of carbonyl (C=O) groups excluding carboxylic acids is 1. The molecule has 0 bridgehead atoms. The first-order valence-corrected chi connectivity index (χ1v) is 8.49. The van der Waals surface area contributed by atoms with Crippen LogP contribution in [0.2, 0.25) is 4.47 Å². The maximum atomic E-state index is 12.2. The van der Waals surface area contributed by atoms with E-state index in [-0.39, 0.29) is 5.97 Å². The number of benzene rings is 2. The Hall–Kier alpha value is -2.37. The summed E-state index contributed by atoms with van der Waals surface area (Å²) in [5.41, 5.74) is 3.15. The van der Waals surface area contributed by atoms with Crippen LogP contribution in [-0.2, 0) is 11.3 Å². The number of ether oxygens (including phenoxy) is 1. The number of esters is 1. The van der Waals surface area contributed by atoms with Crippen molar-refractivity contribution in [2.45, 2.75) is 6.54 Å². The third-order valence-corrected chi connectivity index (χ3v) is 4.63. The van der Waals surface area contributed by atoms with Gasteiger partial charge in [0.1, 0.15) is 0 Å². The zero-order chi connectivity index (χ0) is 16.9. The smallest absolute Gasteiger partial charge is 0.338 e. The summed E-state index contributed by atoms with van der Waals surface area (Å²) in [5, 5.41) is 3.36. The lowest BCUT2D eigenvalue weighted by molar-refractivity contribution is 0.0601. The van der Waals surface area contributed by atoms with E-state index in [9.17, 15) is 4.79 Å². The fourth-order valence-electron chi connectivity index (χ4n) is 2.44. The maximum Gasteiger partial charge on any atom is 0.338 e. The molecule has 0 spiro atoms. The number of carbonyl (C=O) groups is 1. The summed E-state index contributed by atoms with van der Waals surface area (Å²) in [6.45, 7) is 0.578. The van der Waals surface area contributed by atoms with E-state index in [1.54, 1.807) is 12.3 Å². The van der Waals surface area contributed by atoms with E-state index < -0.39 is 0 Å². The summed E-state index contributed by atoms with van der Waals surface area (Å²) < 4.78 is 5.44. The van der Waals surface area contributed by atoms with Gasteiger partial charge in [0.2, 0.25) is 0 Å². The standard InChI is InChI=1S/C18H15ClN2O2S/c1-23-17(22)14-8-5-9-15(16(14)12-6-3-2-4-7-12)20-10-13-11-21-18(19)24-13/h2-9,11,20H,10H2,1H3. The van der Waals surface area contributed by atoms with Crippen LogP contribution in [0.15, 0.2) is 54.7 Å². The van der Waals surface area contributed by atoms with Gasteiger partial charge in [0.25, 0.3) is 0 Å². The minimum absolute atomic E-state index is 0.363. The molecule has 3 rings (SSSR count). The zero-order valence-electron chi connectivity index (χ0n) is 13.0. The molecule has 122 valence electrons. The van der Waals surface area contributed by atoms with Crippen molar-refractivity contribution >= 4 is 34.6 Å². The Kier molecular flexibility index (Phi) is 5.13. The molecule has 0 aliphatic heterocycles. The Morgan fingerprint density at radius 3 is 2.67 bits per heavy atom. The molecule has 2 aromatic carbocycles. The van der Waals surface area contributed by atoms with Crippen molar-refractivity contribution in [1.29, 1.82) is 0 Å². The van der Waals surface area contributed by atoms with Gasteiger partial charge in [0.05, 0.1) is 19.2 Å². The molecule has 1 heterocycles. The Labute approximate surface area is 149 Å². The SMILES string of the molecule is COC(=O)c1cccc(NCc2cnc(Cl)s2)c1-c1ccccc1. The van der Waals surface area contributed by atoms with Gasteiger partial charge in [-0.05, 0) is 17.7 Å². The van der Waals surface area contributed by atoms with Gasteiger partial charge in [-0.3, -0.25) is 0 Å². The minimum Gasteiger partial charge on any atom is -0.465 e. The molecule has 1 N–H and O–H groups in total. The largest absolute Gasteiger partial charge is 0.465 e. The normalized spacial score (nSPS) is 10.4. The van der Waals surface area contributed by atoms with Gasteiger partial charge in [0.15, 0.2) is 4.47 Å². The van der Waals surface area contributed by atoms with Crippen molar-refractivity contribution in [2.24, 2.45) is 0 Å². The number of methoxy groups -OCH3 is 1. The highest BCUT2D eigenvalue weighted by Crippen LogP contribution is 2.33. The second-order valence-corrected chi connectivity index (χ2v) is 6.72. The molecular weight excluding hydrogens is 344 g/mol. The van der Waals surface area contributed by atoms with Crippen molar-refractivity contribution in [3.05, 3.63) is 69.6 Å². The second kappa shape index (κ2) is 7.47. The molecule has 0 saturated carbocycles. The fourth-order valence-corrected chi connectivity index (χ4v) is 3.36. The quantitative estimate of drug-likeness (QED) is 0.661. The summed E-state index contributed by atoms with van der Waals surface area (Å²) in [7, 11) is 1.39. The van der Waals surface area contributed by atoms with Crippen LogP contribution in [-0.4, -0.2) is 18.1 Å². The molecule has 0 saturated heterocycles. The van der Waals surface area contributed by atoms with Crippen LogP contribution in [0.3, 0.4) is 0 Å². The lowest BCUT2D eigenvalue weighted by Crippen LogP contribution is -2.07. The number of hydrogen-bond acceptors (Lipinski definition) is 5. The molecule has 0 atom stereocenters. The van der Waals surface area contributed by atoms with Gasteiger partial charge in [0, 0.05) is 22.3 Å². The Morgan fingerprint density at radius 2 is 2.00 bits per heavy atom. The predicted octanol–water partition coefficient (Wildman–Crippen LogP) is 4.86. The summed E-state index contributed by atoms with van der Waals surface area (Å²) in [6.07, 6.45) is 1.74. The molecule has 24 heavy (non-hydrogen) atoms. The van der Waals surface area contributed by atoms with E-state index in [4.69, 9.17) is 16.3 Å². The van der Waals surface area contributed by atoms with Gasteiger partial charge in [-0.15, -0.1) is 11.3 Å². The van der Waals surface area contributed by atoms with E-state index >= 15 is 0 Å². The van der Waals surface area contributed by atoms with E-state index in [2.05, 4.69) is 10.3 Å². The number of aromatic nitrogens is 1. The number of nitrogens with zero attached hydrogens (tertiary/aromatic N) is 1. The van der Waals surface area contributed by atoms with Crippen LogP contribution >= 0.6 is 22.9 Å². The Morgan fingerprint density at radius 1 is 1.21 bits per heavy atom. The average molecular weight is 359 g/mol. The zero-order valence-corrected chi connectivity index (χ0v) is 14.5. The van der Waals surface area contributed by atoms with E-state index in [0.29, 0.717) is 16.6 Å². The van der Waals surface area contributed by atoms with Crippen molar-refractivity contribution in [3.8, 4) is 11.1 Å². The van der Waals surface area contributed by atoms with Crippen molar-refractivity contribution in [3.63, 3.8) is 0 Å². The maximum absolute atomic E-state index is 12.2. The first kappa shape index (κ1) is 16.5. The average Bonchev–Trinajstić information content (AvgIpc) is 3.05. The highest BCUT2D eigenvalue weighted by Gasteiger charge is 2.17. The van der Waals surface area contributed by atoms with E-state index in [1.807, 2.05) is 42.5 Å². The molecule has 6 heteroatoms. The minimum atomic E-state index is -0.363. The summed E-state index contributed by atoms with van der Waals surface area (Å²) in [5.74, 6) is -0.363. The number of nitrogens with one attached hydrogen (secondary N) is 1. The number of thiazole rings is 1. The highest BCUT2D eigenvalue weighted by atomic mass is 35.5. The topological polar surface area (TPSA) is 51.2 Å². The van der Waals surface area contributed by atoms with Crippen molar-refractivity contribution in [2.75, 3.05) is 12.4 Å². The molecule has 0 amide bonds. The summed E-state index contributed by atoms with van der Waals surface area (Å²) in [4.78, 5) is 17.2.